The van der Waals surface area contributed by atoms with Crippen LogP contribution in [0, 0.1) is 20.8 Å². The van der Waals surface area contributed by atoms with Crippen LogP contribution in [-0.2, 0) is 6.54 Å². The minimum atomic E-state index is 0.890. The van der Waals surface area contributed by atoms with Crippen molar-refractivity contribution in [3.63, 3.8) is 0 Å². The fraction of sp³-hybridized carbons (Fsp3) is 0.438. The molecule has 1 aromatic carbocycles. The van der Waals surface area contributed by atoms with Gasteiger partial charge in [-0.2, -0.15) is 5.10 Å². The minimum absolute atomic E-state index is 0.890. The Morgan fingerprint density at radius 1 is 1.25 bits per heavy atom. The molecule has 0 aliphatic rings. The highest BCUT2D eigenvalue weighted by Crippen LogP contribution is 2.23. The third kappa shape index (κ3) is 3.13. The summed E-state index contributed by atoms with van der Waals surface area (Å²) in [5, 5.41) is 8.17. The van der Waals surface area contributed by atoms with Gasteiger partial charge >= 0.3 is 0 Å². The van der Waals surface area contributed by atoms with Crippen molar-refractivity contribution in [1.29, 1.82) is 0 Å². The minimum Gasteiger partial charge on any atom is -0.313 e. The summed E-state index contributed by atoms with van der Waals surface area (Å²) in [7, 11) is 0. The summed E-state index contributed by atoms with van der Waals surface area (Å²) in [6.07, 6.45) is 1.15. The number of halogens is 1. The smallest absolute Gasteiger partial charge is 0.0678 e. The third-order valence-electron chi connectivity index (χ3n) is 3.56. The van der Waals surface area contributed by atoms with Crippen molar-refractivity contribution in [2.24, 2.45) is 0 Å². The molecule has 2 rings (SSSR count). The van der Waals surface area contributed by atoms with Gasteiger partial charge in [-0.25, -0.2) is 4.68 Å². The maximum Gasteiger partial charge on any atom is 0.0678 e. The normalized spacial score (nSPS) is 11.1. The van der Waals surface area contributed by atoms with Crippen LogP contribution < -0.4 is 5.32 Å². The van der Waals surface area contributed by atoms with Gasteiger partial charge in [-0.3, -0.25) is 0 Å². The van der Waals surface area contributed by atoms with E-state index < -0.39 is 0 Å². The molecule has 1 heterocycles. The van der Waals surface area contributed by atoms with Gasteiger partial charge < -0.3 is 5.32 Å². The van der Waals surface area contributed by atoms with Crippen LogP contribution in [0.2, 0.25) is 0 Å². The van der Waals surface area contributed by atoms with Gasteiger partial charge in [-0.1, -0.05) is 22.9 Å². The standard InChI is InChI=1S/C16H22BrN3/c1-5-8-18-10-15-12(3)19-20(13(15)4)16-7-6-14(17)9-11(16)2/h6-7,9,18H,5,8,10H2,1-4H3. The zero-order valence-electron chi connectivity index (χ0n) is 12.6. The van der Waals surface area contributed by atoms with Crippen LogP contribution in [0.1, 0.15) is 35.9 Å². The van der Waals surface area contributed by atoms with Gasteiger partial charge in [-0.05, 0) is 57.5 Å². The van der Waals surface area contributed by atoms with E-state index in [-0.39, 0.29) is 0 Å². The molecular weight excluding hydrogens is 314 g/mol. The largest absolute Gasteiger partial charge is 0.313 e. The van der Waals surface area contributed by atoms with E-state index in [0.29, 0.717) is 0 Å². The van der Waals surface area contributed by atoms with E-state index in [2.05, 4.69) is 71.8 Å². The van der Waals surface area contributed by atoms with Crippen LogP contribution in [0.3, 0.4) is 0 Å². The Hall–Kier alpha value is -1.13. The van der Waals surface area contributed by atoms with Crippen molar-refractivity contribution in [3.8, 4) is 5.69 Å². The molecule has 0 fully saturated rings. The molecule has 4 heteroatoms. The van der Waals surface area contributed by atoms with E-state index in [1.807, 2.05) is 0 Å². The molecule has 1 N–H and O–H groups in total. The monoisotopic (exact) mass is 335 g/mol. The fourth-order valence-corrected chi connectivity index (χ4v) is 2.89. The maximum absolute atomic E-state index is 4.71. The van der Waals surface area contributed by atoms with Crippen LogP contribution in [-0.4, -0.2) is 16.3 Å². The molecule has 2 aromatic rings. The predicted octanol–water partition coefficient (Wildman–Crippen LogP) is 4.06. The van der Waals surface area contributed by atoms with Gasteiger partial charge in [0.25, 0.3) is 0 Å². The van der Waals surface area contributed by atoms with E-state index >= 15 is 0 Å². The molecular formula is C16H22BrN3. The summed E-state index contributed by atoms with van der Waals surface area (Å²) in [6, 6.07) is 6.30. The maximum atomic E-state index is 4.71. The topological polar surface area (TPSA) is 29.9 Å². The molecule has 3 nitrogen and oxygen atoms in total. The van der Waals surface area contributed by atoms with E-state index in [0.717, 1.165) is 35.4 Å². The highest BCUT2D eigenvalue weighted by Gasteiger charge is 2.13. The molecule has 0 unspecified atom stereocenters. The number of hydrogen-bond acceptors (Lipinski definition) is 2. The zero-order chi connectivity index (χ0) is 14.7. The Morgan fingerprint density at radius 2 is 2.00 bits per heavy atom. The highest BCUT2D eigenvalue weighted by molar-refractivity contribution is 9.10. The first-order chi connectivity index (χ1) is 9.54. The Labute approximate surface area is 129 Å². The van der Waals surface area contributed by atoms with E-state index in [1.165, 1.54) is 16.8 Å². The molecule has 0 atom stereocenters. The Balaban J connectivity index is 2.35. The molecule has 1 aromatic heterocycles. The summed E-state index contributed by atoms with van der Waals surface area (Å²) in [6.45, 7) is 10.5. The first kappa shape index (κ1) is 15.3. The summed E-state index contributed by atoms with van der Waals surface area (Å²) < 4.78 is 3.16. The molecule has 0 aliphatic heterocycles. The summed E-state index contributed by atoms with van der Waals surface area (Å²) in [4.78, 5) is 0. The molecule has 0 spiro atoms. The van der Waals surface area contributed by atoms with Crippen molar-refractivity contribution in [2.45, 2.75) is 40.7 Å². The van der Waals surface area contributed by atoms with Crippen LogP contribution in [0.15, 0.2) is 22.7 Å². The van der Waals surface area contributed by atoms with Crippen LogP contribution in [0.5, 0.6) is 0 Å². The van der Waals surface area contributed by atoms with E-state index in [4.69, 9.17) is 5.10 Å². The second kappa shape index (κ2) is 6.55. The lowest BCUT2D eigenvalue weighted by Crippen LogP contribution is -2.15. The van der Waals surface area contributed by atoms with Crippen molar-refractivity contribution >= 4 is 15.9 Å². The molecule has 0 aliphatic carbocycles. The van der Waals surface area contributed by atoms with Crippen LogP contribution in [0.4, 0.5) is 0 Å². The number of rotatable bonds is 5. The highest BCUT2D eigenvalue weighted by atomic mass is 79.9. The third-order valence-corrected chi connectivity index (χ3v) is 4.05. The molecule has 0 bridgehead atoms. The fourth-order valence-electron chi connectivity index (χ4n) is 2.41. The predicted molar refractivity (Wildman–Crippen MR) is 87.5 cm³/mol. The second-order valence-corrected chi connectivity index (χ2v) is 6.08. The number of nitrogens with one attached hydrogen (secondary N) is 1. The molecule has 0 radical (unpaired) electrons. The lowest BCUT2D eigenvalue weighted by molar-refractivity contribution is 0.670. The Morgan fingerprint density at radius 3 is 2.65 bits per heavy atom. The average molecular weight is 336 g/mol. The van der Waals surface area contributed by atoms with Crippen molar-refractivity contribution in [3.05, 3.63) is 45.2 Å². The Kier molecular flexibility index (Phi) is 5.00. The first-order valence-electron chi connectivity index (χ1n) is 7.07. The molecule has 108 valence electrons. The lowest BCUT2D eigenvalue weighted by Gasteiger charge is -2.09. The van der Waals surface area contributed by atoms with Gasteiger partial charge in [-0.15, -0.1) is 0 Å². The van der Waals surface area contributed by atoms with Gasteiger partial charge in [0, 0.05) is 22.3 Å². The van der Waals surface area contributed by atoms with Gasteiger partial charge in [0.15, 0.2) is 0 Å². The number of nitrogens with zero attached hydrogens (tertiary/aromatic N) is 2. The first-order valence-corrected chi connectivity index (χ1v) is 7.86. The Bertz CT molecular complexity index is 602. The van der Waals surface area contributed by atoms with Crippen molar-refractivity contribution < 1.29 is 0 Å². The average Bonchev–Trinajstić information content (AvgIpc) is 2.67. The molecule has 0 saturated heterocycles. The number of benzene rings is 1. The van der Waals surface area contributed by atoms with Crippen molar-refractivity contribution in [2.75, 3.05) is 6.54 Å². The van der Waals surface area contributed by atoms with E-state index in [1.54, 1.807) is 0 Å². The quantitative estimate of drug-likeness (QED) is 0.835. The van der Waals surface area contributed by atoms with Crippen molar-refractivity contribution in [1.82, 2.24) is 15.1 Å². The van der Waals surface area contributed by atoms with Gasteiger partial charge in [0.05, 0.1) is 11.4 Å². The van der Waals surface area contributed by atoms with Gasteiger partial charge in [0.2, 0.25) is 0 Å². The number of aromatic nitrogens is 2. The molecule has 0 saturated carbocycles. The lowest BCUT2D eigenvalue weighted by atomic mass is 10.1. The summed E-state index contributed by atoms with van der Waals surface area (Å²) in [5.41, 5.74) is 6.00. The number of hydrogen-bond donors (Lipinski definition) is 1. The van der Waals surface area contributed by atoms with E-state index in [9.17, 15) is 0 Å². The molecule has 20 heavy (non-hydrogen) atoms. The molecule has 0 amide bonds. The second-order valence-electron chi connectivity index (χ2n) is 5.17. The van der Waals surface area contributed by atoms with Crippen LogP contribution >= 0.6 is 15.9 Å². The summed E-state index contributed by atoms with van der Waals surface area (Å²) >= 11 is 3.51. The number of aryl methyl sites for hydroxylation is 2. The zero-order valence-corrected chi connectivity index (χ0v) is 14.2. The SMILES string of the molecule is CCCNCc1c(C)nn(-c2ccc(Br)cc2C)c1C. The van der Waals surface area contributed by atoms with Crippen LogP contribution in [0.25, 0.3) is 5.69 Å². The summed E-state index contributed by atoms with van der Waals surface area (Å²) in [5.74, 6) is 0. The van der Waals surface area contributed by atoms with Gasteiger partial charge in [0.1, 0.15) is 0 Å².